The average Bonchev–Trinajstić information content (AvgIpc) is 2.85. The van der Waals surface area contributed by atoms with Gasteiger partial charge in [0, 0.05) is 19.0 Å². The molecule has 0 aliphatic heterocycles. The maximum Gasteiger partial charge on any atom is 0.157 e. The summed E-state index contributed by atoms with van der Waals surface area (Å²) >= 11 is 1.64. The Labute approximate surface area is 98.1 Å². The van der Waals surface area contributed by atoms with Gasteiger partial charge in [-0.25, -0.2) is 4.98 Å². The van der Waals surface area contributed by atoms with Crippen molar-refractivity contribution in [1.29, 1.82) is 0 Å². The molecule has 0 saturated heterocycles. The zero-order valence-corrected chi connectivity index (χ0v) is 10.1. The quantitative estimate of drug-likeness (QED) is 0.849. The van der Waals surface area contributed by atoms with Crippen LogP contribution < -0.4 is 10.1 Å². The van der Waals surface area contributed by atoms with Gasteiger partial charge in [-0.05, 0) is 7.05 Å². The normalized spacial score (nSPS) is 10.6. The number of ether oxygens (including phenoxy) is 1. The summed E-state index contributed by atoms with van der Waals surface area (Å²) in [5, 5.41) is 10.2. The van der Waals surface area contributed by atoms with Crippen molar-refractivity contribution in [1.82, 2.24) is 20.1 Å². The van der Waals surface area contributed by atoms with Crippen molar-refractivity contribution in [3.8, 4) is 5.75 Å². The van der Waals surface area contributed by atoms with E-state index in [1.54, 1.807) is 22.2 Å². The molecule has 2 heterocycles. The van der Waals surface area contributed by atoms with Gasteiger partial charge < -0.3 is 10.1 Å². The number of aromatic nitrogens is 3. The second-order valence-corrected chi connectivity index (χ2v) is 4.34. The lowest BCUT2D eigenvalue weighted by atomic mass is 10.5. The Kier molecular flexibility index (Phi) is 3.53. The Morgan fingerprint density at radius 3 is 3.12 bits per heavy atom. The molecule has 2 aromatic heterocycles. The molecule has 0 aliphatic carbocycles. The Bertz CT molecular complexity index is 451. The van der Waals surface area contributed by atoms with Crippen molar-refractivity contribution < 1.29 is 4.74 Å². The molecule has 1 N–H and O–H groups in total. The zero-order chi connectivity index (χ0) is 11.4. The predicted octanol–water partition coefficient (Wildman–Crippen LogP) is 1.17. The molecular formula is C10H14N4OS. The minimum absolute atomic E-state index is 0.492. The Morgan fingerprint density at radius 1 is 1.56 bits per heavy atom. The summed E-state index contributed by atoms with van der Waals surface area (Å²) in [4.78, 5) is 4.43. The summed E-state index contributed by atoms with van der Waals surface area (Å²) < 4.78 is 7.26. The first-order valence-corrected chi connectivity index (χ1v) is 5.85. The van der Waals surface area contributed by atoms with E-state index in [1.165, 1.54) is 0 Å². The number of nitrogens with one attached hydrogen (secondary N) is 1. The van der Waals surface area contributed by atoms with Gasteiger partial charge in [0.25, 0.3) is 0 Å². The highest BCUT2D eigenvalue weighted by atomic mass is 32.1. The maximum atomic E-state index is 5.54. The molecule has 0 bridgehead atoms. The molecular weight excluding hydrogens is 224 g/mol. The van der Waals surface area contributed by atoms with Crippen molar-refractivity contribution in [3.63, 3.8) is 0 Å². The molecule has 0 amide bonds. The second-order valence-electron chi connectivity index (χ2n) is 3.40. The summed E-state index contributed by atoms with van der Waals surface area (Å²) in [6.45, 7) is 1.30. The lowest BCUT2D eigenvalue weighted by molar-refractivity contribution is 0.301. The van der Waals surface area contributed by atoms with Crippen LogP contribution in [0.15, 0.2) is 17.8 Å². The molecule has 16 heavy (non-hydrogen) atoms. The van der Waals surface area contributed by atoms with E-state index in [0.29, 0.717) is 6.61 Å². The maximum absolute atomic E-state index is 5.54. The van der Waals surface area contributed by atoms with Crippen LogP contribution >= 0.6 is 11.3 Å². The minimum atomic E-state index is 0.492. The van der Waals surface area contributed by atoms with Crippen molar-refractivity contribution in [2.24, 2.45) is 7.05 Å². The van der Waals surface area contributed by atoms with Crippen molar-refractivity contribution in [2.75, 3.05) is 7.05 Å². The predicted molar refractivity (Wildman–Crippen MR) is 62.4 cm³/mol. The monoisotopic (exact) mass is 238 g/mol. The van der Waals surface area contributed by atoms with E-state index in [2.05, 4.69) is 15.4 Å². The van der Waals surface area contributed by atoms with E-state index in [1.807, 2.05) is 25.7 Å². The summed E-state index contributed by atoms with van der Waals surface area (Å²) in [5.74, 6) is 0.769. The van der Waals surface area contributed by atoms with Gasteiger partial charge in [-0.2, -0.15) is 5.10 Å². The van der Waals surface area contributed by atoms with Gasteiger partial charge in [-0.1, -0.05) is 0 Å². The largest absolute Gasteiger partial charge is 0.484 e. The third-order valence-corrected chi connectivity index (χ3v) is 2.89. The van der Waals surface area contributed by atoms with Crippen molar-refractivity contribution >= 4 is 11.3 Å². The van der Waals surface area contributed by atoms with Crippen LogP contribution in [0.25, 0.3) is 0 Å². The van der Waals surface area contributed by atoms with Gasteiger partial charge in [0.15, 0.2) is 5.75 Å². The number of hydrogen-bond donors (Lipinski definition) is 1. The number of thiazole rings is 1. The van der Waals surface area contributed by atoms with Crippen LogP contribution in [0.4, 0.5) is 0 Å². The summed E-state index contributed by atoms with van der Waals surface area (Å²) in [7, 11) is 3.77. The molecule has 0 unspecified atom stereocenters. The van der Waals surface area contributed by atoms with Crippen LogP contribution in [0.2, 0.25) is 0 Å². The Balaban J connectivity index is 1.89. The molecule has 2 rings (SSSR count). The molecule has 0 aliphatic rings. The fraction of sp³-hybridized carbons (Fsp3) is 0.400. The topological polar surface area (TPSA) is 52.0 Å². The highest BCUT2D eigenvalue weighted by Crippen LogP contribution is 2.13. The third-order valence-electron chi connectivity index (χ3n) is 2.00. The molecule has 2 aromatic rings. The molecule has 6 heteroatoms. The minimum Gasteiger partial charge on any atom is -0.484 e. The number of nitrogens with zero attached hydrogens (tertiary/aromatic N) is 3. The van der Waals surface area contributed by atoms with E-state index in [4.69, 9.17) is 4.74 Å². The van der Waals surface area contributed by atoms with Crippen LogP contribution in [0.5, 0.6) is 5.75 Å². The van der Waals surface area contributed by atoms with Gasteiger partial charge in [0.2, 0.25) is 0 Å². The molecule has 0 saturated carbocycles. The fourth-order valence-corrected chi connectivity index (χ4v) is 2.07. The fourth-order valence-electron chi connectivity index (χ4n) is 1.28. The van der Waals surface area contributed by atoms with Crippen LogP contribution in [-0.2, 0) is 20.2 Å². The van der Waals surface area contributed by atoms with Gasteiger partial charge in [-0.3, -0.25) is 4.68 Å². The van der Waals surface area contributed by atoms with E-state index in [9.17, 15) is 0 Å². The molecule has 86 valence electrons. The van der Waals surface area contributed by atoms with E-state index in [-0.39, 0.29) is 0 Å². The van der Waals surface area contributed by atoms with E-state index < -0.39 is 0 Å². The van der Waals surface area contributed by atoms with Crippen LogP contribution in [0.1, 0.15) is 10.7 Å². The summed E-state index contributed by atoms with van der Waals surface area (Å²) in [5.41, 5.74) is 0.958. The Hall–Kier alpha value is -1.40. The van der Waals surface area contributed by atoms with E-state index in [0.717, 1.165) is 23.0 Å². The first-order chi connectivity index (χ1) is 7.78. The number of rotatable bonds is 5. The SMILES string of the molecule is CNCc1nc(COc2cnn(C)c2)cs1. The highest BCUT2D eigenvalue weighted by molar-refractivity contribution is 7.09. The third kappa shape index (κ3) is 2.80. The molecule has 0 fully saturated rings. The number of aryl methyl sites for hydroxylation is 1. The standard InChI is InChI=1S/C10H14N4OS/c1-11-4-10-13-8(7-16-10)6-15-9-3-12-14(2)5-9/h3,5,7,11H,4,6H2,1-2H3. The second kappa shape index (κ2) is 5.09. The first-order valence-electron chi connectivity index (χ1n) is 4.97. The molecule has 0 aromatic carbocycles. The van der Waals surface area contributed by atoms with Crippen LogP contribution in [0.3, 0.4) is 0 Å². The van der Waals surface area contributed by atoms with Crippen LogP contribution in [0, 0.1) is 0 Å². The first kappa shape index (κ1) is 11.1. The number of hydrogen-bond acceptors (Lipinski definition) is 5. The summed E-state index contributed by atoms with van der Waals surface area (Å²) in [6.07, 6.45) is 3.53. The zero-order valence-electron chi connectivity index (χ0n) is 9.30. The smallest absolute Gasteiger partial charge is 0.157 e. The van der Waals surface area contributed by atoms with Gasteiger partial charge >= 0.3 is 0 Å². The average molecular weight is 238 g/mol. The lowest BCUT2D eigenvalue weighted by Crippen LogP contribution is -2.05. The lowest BCUT2D eigenvalue weighted by Gasteiger charge is -1.99. The van der Waals surface area contributed by atoms with Crippen LogP contribution in [-0.4, -0.2) is 21.8 Å². The highest BCUT2D eigenvalue weighted by Gasteiger charge is 2.03. The molecule has 0 radical (unpaired) electrons. The van der Waals surface area contributed by atoms with Gasteiger partial charge in [0.1, 0.15) is 11.6 Å². The van der Waals surface area contributed by atoms with Gasteiger partial charge in [0.05, 0.1) is 18.1 Å². The molecule has 0 atom stereocenters. The molecule has 0 spiro atoms. The molecule has 5 nitrogen and oxygen atoms in total. The summed E-state index contributed by atoms with van der Waals surface area (Å²) in [6, 6.07) is 0. The van der Waals surface area contributed by atoms with E-state index >= 15 is 0 Å². The van der Waals surface area contributed by atoms with Crippen molar-refractivity contribution in [2.45, 2.75) is 13.2 Å². The van der Waals surface area contributed by atoms with Gasteiger partial charge in [-0.15, -0.1) is 11.3 Å². The Morgan fingerprint density at radius 2 is 2.44 bits per heavy atom. The van der Waals surface area contributed by atoms with Crippen molar-refractivity contribution in [3.05, 3.63) is 28.5 Å².